The number of hydrogen-bond donors (Lipinski definition) is 2. The minimum Gasteiger partial charge on any atom is -0.481 e. The van der Waals surface area contributed by atoms with Crippen LogP contribution in [-0.4, -0.2) is 51.9 Å². The minimum absolute atomic E-state index is 0.0961. The van der Waals surface area contributed by atoms with Crippen molar-refractivity contribution in [3.8, 4) is 0 Å². The lowest BCUT2D eigenvalue weighted by atomic mass is 10.1. The normalized spacial score (nSPS) is 17.2. The Balaban J connectivity index is 2.20. The quantitative estimate of drug-likeness (QED) is 0.767. The van der Waals surface area contributed by atoms with Gasteiger partial charge in [-0.2, -0.15) is 11.8 Å². The molecule has 1 aliphatic heterocycles. The van der Waals surface area contributed by atoms with Crippen LogP contribution in [0.1, 0.15) is 37.0 Å². The molecule has 6 nitrogen and oxygen atoms in total. The van der Waals surface area contributed by atoms with E-state index < -0.39 is 5.97 Å². The summed E-state index contributed by atoms with van der Waals surface area (Å²) in [7, 11) is 0. The monoisotopic (exact) mass is 398 g/mol. The van der Waals surface area contributed by atoms with Gasteiger partial charge in [0.05, 0.1) is 23.0 Å². The molecule has 0 aromatic heterocycles. The first-order chi connectivity index (χ1) is 12.3. The van der Waals surface area contributed by atoms with Gasteiger partial charge in [-0.15, -0.1) is 0 Å². The lowest BCUT2D eigenvalue weighted by Crippen LogP contribution is -2.47. The Morgan fingerprint density at radius 3 is 2.77 bits per heavy atom. The Hall–Kier alpha value is -1.73. The van der Waals surface area contributed by atoms with Gasteiger partial charge in [0.2, 0.25) is 5.91 Å². The van der Waals surface area contributed by atoms with Gasteiger partial charge in [-0.3, -0.25) is 14.4 Å². The maximum Gasteiger partial charge on any atom is 0.305 e. The molecule has 2 rings (SSSR count). The fraction of sp³-hybridized carbons (Fsp3) is 0.500. The van der Waals surface area contributed by atoms with E-state index >= 15 is 0 Å². The van der Waals surface area contributed by atoms with Crippen molar-refractivity contribution in [3.05, 3.63) is 28.8 Å². The van der Waals surface area contributed by atoms with Crippen molar-refractivity contribution in [2.75, 3.05) is 23.4 Å². The van der Waals surface area contributed by atoms with Crippen molar-refractivity contribution in [1.29, 1.82) is 0 Å². The van der Waals surface area contributed by atoms with Crippen LogP contribution < -0.4 is 5.32 Å². The number of benzene rings is 1. The predicted octanol–water partition coefficient (Wildman–Crippen LogP) is 3.36. The Morgan fingerprint density at radius 1 is 1.38 bits per heavy atom. The highest BCUT2D eigenvalue weighted by molar-refractivity contribution is 7.99. The first kappa shape index (κ1) is 20.6. The number of aliphatic carboxylic acids is 1. The molecule has 0 bridgehead atoms. The van der Waals surface area contributed by atoms with Gasteiger partial charge in [0.1, 0.15) is 0 Å². The number of nitrogens with zero attached hydrogens (tertiary/aromatic N) is 1. The zero-order valence-electron chi connectivity index (χ0n) is 14.8. The van der Waals surface area contributed by atoms with Gasteiger partial charge in [0.25, 0.3) is 5.91 Å². The van der Waals surface area contributed by atoms with Crippen molar-refractivity contribution < 1.29 is 19.5 Å². The van der Waals surface area contributed by atoms with Crippen LogP contribution in [0.3, 0.4) is 0 Å². The molecule has 1 heterocycles. The maximum absolute atomic E-state index is 13.0. The lowest BCUT2D eigenvalue weighted by Gasteiger charge is -2.35. The SMILES string of the molecule is CC(C)CC(=O)Nc1ccc(Cl)c(C(=O)N2CCSCC2CC(=O)O)c1. The van der Waals surface area contributed by atoms with Gasteiger partial charge in [-0.05, 0) is 24.1 Å². The van der Waals surface area contributed by atoms with Crippen LogP contribution in [-0.2, 0) is 9.59 Å². The van der Waals surface area contributed by atoms with Crippen molar-refractivity contribution in [2.45, 2.75) is 32.7 Å². The largest absolute Gasteiger partial charge is 0.481 e. The molecule has 0 aliphatic carbocycles. The number of rotatable bonds is 6. The number of anilines is 1. The summed E-state index contributed by atoms with van der Waals surface area (Å²) in [4.78, 5) is 37.6. The average molecular weight is 399 g/mol. The van der Waals surface area contributed by atoms with Gasteiger partial charge in [0, 0.05) is 30.2 Å². The molecular weight excluding hydrogens is 376 g/mol. The number of halogens is 1. The van der Waals surface area contributed by atoms with Crippen LogP contribution in [0.25, 0.3) is 0 Å². The van der Waals surface area contributed by atoms with Crippen molar-refractivity contribution in [2.24, 2.45) is 5.92 Å². The number of amides is 2. The second-order valence-electron chi connectivity index (χ2n) is 6.67. The molecule has 1 aromatic carbocycles. The number of carbonyl (C=O) groups is 3. The fourth-order valence-corrected chi connectivity index (χ4v) is 4.06. The van der Waals surface area contributed by atoms with Gasteiger partial charge < -0.3 is 15.3 Å². The third-order valence-corrected chi connectivity index (χ3v) is 5.39. The lowest BCUT2D eigenvalue weighted by molar-refractivity contribution is -0.138. The summed E-state index contributed by atoms with van der Waals surface area (Å²) < 4.78 is 0. The first-order valence-electron chi connectivity index (χ1n) is 8.47. The summed E-state index contributed by atoms with van der Waals surface area (Å²) in [5.74, 6) is 0.201. The first-order valence-corrected chi connectivity index (χ1v) is 10.0. The van der Waals surface area contributed by atoms with E-state index in [9.17, 15) is 14.4 Å². The van der Waals surface area contributed by atoms with Crippen LogP contribution in [0, 0.1) is 5.92 Å². The molecule has 142 valence electrons. The van der Waals surface area contributed by atoms with Crippen LogP contribution in [0.5, 0.6) is 0 Å². The topological polar surface area (TPSA) is 86.7 Å². The number of thioether (sulfide) groups is 1. The molecule has 1 fully saturated rings. The molecule has 0 radical (unpaired) electrons. The van der Waals surface area contributed by atoms with Gasteiger partial charge in [0.15, 0.2) is 0 Å². The highest BCUT2D eigenvalue weighted by Crippen LogP contribution is 2.26. The maximum atomic E-state index is 13.0. The zero-order chi connectivity index (χ0) is 19.3. The molecule has 1 aromatic rings. The predicted molar refractivity (Wildman–Crippen MR) is 104 cm³/mol. The standard InChI is InChI=1S/C18H23ClN2O4S/c1-11(2)7-16(22)20-12-3-4-15(19)14(8-12)18(25)21-5-6-26-10-13(21)9-17(23)24/h3-4,8,11,13H,5-7,9-10H2,1-2H3,(H,20,22)(H,23,24). The Kier molecular flexibility index (Phi) is 7.34. The molecule has 1 saturated heterocycles. The van der Waals surface area contributed by atoms with Gasteiger partial charge in [-0.25, -0.2) is 0 Å². The van der Waals surface area contributed by atoms with Crippen LogP contribution in [0.15, 0.2) is 18.2 Å². The molecule has 1 unspecified atom stereocenters. The summed E-state index contributed by atoms with van der Waals surface area (Å²) in [6.45, 7) is 4.38. The van der Waals surface area contributed by atoms with E-state index in [4.69, 9.17) is 16.7 Å². The van der Waals surface area contributed by atoms with E-state index in [1.165, 1.54) is 0 Å². The Morgan fingerprint density at radius 2 is 2.12 bits per heavy atom. The number of carboxylic acids is 1. The third kappa shape index (κ3) is 5.64. The van der Waals surface area contributed by atoms with Crippen LogP contribution in [0.4, 0.5) is 5.69 Å². The summed E-state index contributed by atoms with van der Waals surface area (Å²) in [6.07, 6.45) is 0.289. The van der Waals surface area contributed by atoms with Crippen molar-refractivity contribution in [3.63, 3.8) is 0 Å². The molecule has 26 heavy (non-hydrogen) atoms. The number of carbonyl (C=O) groups excluding carboxylic acids is 2. The summed E-state index contributed by atoms with van der Waals surface area (Å²) >= 11 is 7.84. The molecule has 2 N–H and O–H groups in total. The minimum atomic E-state index is -0.934. The number of nitrogens with one attached hydrogen (secondary N) is 1. The van der Waals surface area contributed by atoms with E-state index in [0.29, 0.717) is 24.4 Å². The molecule has 0 saturated carbocycles. The smallest absolute Gasteiger partial charge is 0.305 e. The molecule has 1 aliphatic rings. The van der Waals surface area contributed by atoms with E-state index in [0.717, 1.165) is 5.75 Å². The van der Waals surface area contributed by atoms with E-state index in [2.05, 4.69) is 5.32 Å². The summed E-state index contributed by atoms with van der Waals surface area (Å²) in [5, 5.41) is 12.1. The Labute approximate surface area is 162 Å². The number of carboxylic acid groups (broad SMARTS) is 1. The van der Waals surface area contributed by atoms with Crippen LogP contribution in [0.2, 0.25) is 5.02 Å². The third-order valence-electron chi connectivity index (χ3n) is 3.97. The van der Waals surface area contributed by atoms with Crippen molar-refractivity contribution in [1.82, 2.24) is 4.90 Å². The van der Waals surface area contributed by atoms with E-state index in [1.54, 1.807) is 34.9 Å². The Bertz CT molecular complexity index is 696. The van der Waals surface area contributed by atoms with Gasteiger partial charge in [-0.1, -0.05) is 25.4 Å². The molecule has 8 heteroatoms. The molecule has 1 atom stereocenters. The van der Waals surface area contributed by atoms with E-state index in [1.807, 2.05) is 13.8 Å². The molecule has 2 amide bonds. The van der Waals surface area contributed by atoms with Crippen molar-refractivity contribution >= 4 is 46.8 Å². The fourth-order valence-electron chi connectivity index (χ4n) is 2.80. The molecule has 0 spiro atoms. The van der Waals surface area contributed by atoms with E-state index in [-0.39, 0.29) is 40.8 Å². The second-order valence-corrected chi connectivity index (χ2v) is 8.22. The summed E-state index contributed by atoms with van der Waals surface area (Å²) in [6, 6.07) is 4.42. The molecular formula is C18H23ClN2O4S. The number of hydrogen-bond acceptors (Lipinski definition) is 4. The second kappa shape index (κ2) is 9.28. The van der Waals surface area contributed by atoms with Crippen LogP contribution >= 0.6 is 23.4 Å². The van der Waals surface area contributed by atoms with Gasteiger partial charge >= 0.3 is 5.97 Å². The highest BCUT2D eigenvalue weighted by Gasteiger charge is 2.30. The average Bonchev–Trinajstić information content (AvgIpc) is 2.55. The zero-order valence-corrected chi connectivity index (χ0v) is 16.4. The summed E-state index contributed by atoms with van der Waals surface area (Å²) in [5.41, 5.74) is 0.779. The highest BCUT2D eigenvalue weighted by atomic mass is 35.5.